The Morgan fingerprint density at radius 3 is 1.85 bits per heavy atom. The van der Waals surface area contributed by atoms with Crippen molar-refractivity contribution >= 4 is 88.7 Å². The molecule has 0 spiro atoms. The first-order valence-electron chi connectivity index (χ1n) is 30.9. The summed E-state index contributed by atoms with van der Waals surface area (Å²) in [7, 11) is 0. The van der Waals surface area contributed by atoms with Crippen LogP contribution < -0.4 is 25.9 Å². The molecule has 2 aliphatic rings. The van der Waals surface area contributed by atoms with Gasteiger partial charge in [-0.05, 0) is 95.5 Å². The predicted octanol–water partition coefficient (Wildman–Crippen LogP) is 12.5. The Labute approximate surface area is 384 Å². The van der Waals surface area contributed by atoms with Crippen molar-refractivity contribution in [2.45, 2.75) is 6.92 Å². The van der Waals surface area contributed by atoms with Gasteiger partial charge in [0, 0.05) is 49.0 Å². The number of furan rings is 1. The minimum atomic E-state index is -1.38. The van der Waals surface area contributed by atoms with Crippen molar-refractivity contribution in [3.05, 3.63) is 187 Å². The van der Waals surface area contributed by atoms with E-state index in [-0.39, 0.29) is 112 Å². The number of nitrogens with zero attached hydrogens (tertiary/aromatic N) is 2. The highest BCUT2D eigenvalue weighted by Crippen LogP contribution is 2.44. The molecule has 3 aromatic heterocycles. The average Bonchev–Trinajstić information content (AvgIpc) is 1.74. The smallest absolute Gasteiger partial charge is 0.260 e. The molecule has 9 aromatic carbocycles. The van der Waals surface area contributed by atoms with Crippen LogP contribution in [0.4, 0.5) is 0 Å². The molecule has 0 fully saturated rings. The van der Waals surface area contributed by atoms with Crippen molar-refractivity contribution in [2.75, 3.05) is 0 Å². The number of hydrogen-bond acceptors (Lipinski definition) is 3. The monoisotopic (exact) mass is 804 g/mol. The van der Waals surface area contributed by atoms with Crippen molar-refractivity contribution < 1.29 is 46.8 Å². The Hall–Kier alpha value is -7.96. The number of para-hydroxylation sites is 6. The molecule has 12 aromatic rings. The van der Waals surface area contributed by atoms with E-state index in [1.807, 2.05) is 0 Å². The lowest BCUT2D eigenvalue weighted by atomic mass is 9.35. The van der Waals surface area contributed by atoms with Crippen LogP contribution in [0.2, 0.25) is 0 Å². The Kier molecular flexibility index (Phi) is 3.50. The van der Waals surface area contributed by atoms with E-state index in [0.717, 1.165) is 4.57 Å². The maximum Gasteiger partial charge on any atom is 0.260 e. The van der Waals surface area contributed by atoms with Crippen molar-refractivity contribution in [1.29, 1.82) is 0 Å². The van der Waals surface area contributed by atoms with Crippen molar-refractivity contribution in [2.24, 2.45) is 0 Å². The summed E-state index contributed by atoms with van der Waals surface area (Å²) < 4.78 is 241. The lowest BCUT2D eigenvalue weighted by Gasteiger charge is -2.33. The quantitative estimate of drug-likeness (QED) is 0.167. The third kappa shape index (κ3) is 4.51. The second-order valence-electron chi connectivity index (χ2n) is 14.5. The van der Waals surface area contributed by atoms with E-state index in [1.165, 1.54) is 23.6 Å². The largest absolute Gasteiger partial charge is 0.458 e. The fourth-order valence-corrected chi connectivity index (χ4v) is 8.74. The second-order valence-corrected chi connectivity index (χ2v) is 14.5. The van der Waals surface area contributed by atoms with Crippen molar-refractivity contribution in [1.82, 2.24) is 9.13 Å². The molecule has 0 amide bonds. The maximum absolute atomic E-state index is 10.1. The third-order valence-electron chi connectivity index (χ3n) is 11.3. The van der Waals surface area contributed by atoms with Gasteiger partial charge in [0.05, 0.1) is 60.7 Å². The van der Waals surface area contributed by atoms with Gasteiger partial charge in [0.2, 0.25) is 0 Å². The third-order valence-corrected chi connectivity index (χ3v) is 11.3. The highest BCUT2D eigenvalue weighted by molar-refractivity contribution is 6.98. The molecule has 0 bridgehead atoms. The summed E-state index contributed by atoms with van der Waals surface area (Å²) in [5.41, 5.74) is -2.61. The summed E-state index contributed by atoms with van der Waals surface area (Å²) in [5.74, 6) is -1.24. The number of ether oxygens (including phenoxy) is 2. The number of benzene rings is 9. The molecule has 0 unspecified atom stereocenters. The average molecular weight is 805 g/mol. The van der Waals surface area contributed by atoms with Crippen LogP contribution in [-0.2, 0) is 0 Å². The van der Waals surface area contributed by atoms with Crippen LogP contribution in [0.25, 0.3) is 88.1 Å². The zero-order valence-electron chi connectivity index (χ0n) is 55.2. The molecule has 2 aliphatic heterocycles. The molecule has 0 N–H and O–H groups in total. The molecule has 6 heteroatoms. The molecule has 14 rings (SSSR count). The van der Waals surface area contributed by atoms with E-state index >= 15 is 0 Å². The highest BCUT2D eigenvalue weighted by atomic mass is 16.5. The Morgan fingerprint density at radius 2 is 1.08 bits per heavy atom. The van der Waals surface area contributed by atoms with E-state index in [0.29, 0.717) is 10.8 Å². The van der Waals surface area contributed by atoms with Crippen LogP contribution in [0.15, 0.2) is 186 Å². The summed E-state index contributed by atoms with van der Waals surface area (Å²) in [4.78, 5) is 0. The molecule has 284 valence electrons. The molecule has 0 saturated heterocycles. The van der Waals surface area contributed by atoms with Crippen LogP contribution in [0.3, 0.4) is 0 Å². The molecule has 0 saturated carbocycles. The summed E-state index contributed by atoms with van der Waals surface area (Å²) in [6.45, 7) is 0.0585. The SMILES string of the molecule is [2H]c1c([2H])c([2H])c2c(c1[2H])Oc1c([2H])c(-c3cccc4c3oc3c(-n5c6c([2H])c([2H])c([2H])c([2H])c6c6c([2H])c(-n7c8c([2H])c([2H])c([2H])c([2H])c8c8c([2H])c([2H])c([2H])c([2H])c87)c([2H])c([2H])c65)cccc34)c([2H])c3c1B2c1c([2H])c([2H])c(C)c([2H])c1O3. The molecular weight excluding hydrogens is 747 g/mol. The zero-order chi connectivity index (χ0) is 60.8. The van der Waals surface area contributed by atoms with E-state index in [4.69, 9.17) is 37.2 Å². The van der Waals surface area contributed by atoms with Gasteiger partial charge < -0.3 is 23.0 Å². The predicted molar refractivity (Wildman–Crippen MR) is 250 cm³/mol. The van der Waals surface area contributed by atoms with E-state index in [1.54, 1.807) is 24.3 Å². The standard InChI is InChI=1S/C55H33BN2O3/c1-32-24-26-43-50(28-32)60-52-30-33(29-51-53(52)56(43)42-18-5-9-23-49(42)59-51)35-15-10-16-39-40-17-11-22-48(55(40)61-54(35)39)58-46-21-8-4-14-38(46)41-31-34(25-27-47(41)58)57-44-19-6-2-12-36(44)37-13-3-7-20-45(37)57/h2-31H,1H3/i2D,3D,4D,5D,6D,7D,8D,9D,12D,13D,14D,18D,19D,20D,21D,23D,24D,25D,26D,27D,28D,29D,30D,31D. The van der Waals surface area contributed by atoms with Crippen LogP contribution in [0.1, 0.15) is 38.5 Å². The number of aromatic nitrogens is 2. The van der Waals surface area contributed by atoms with Gasteiger partial charge in [0.1, 0.15) is 28.6 Å². The van der Waals surface area contributed by atoms with Crippen molar-refractivity contribution in [3.8, 4) is 45.5 Å². The van der Waals surface area contributed by atoms with Crippen LogP contribution in [0.5, 0.6) is 23.0 Å². The summed E-state index contributed by atoms with van der Waals surface area (Å²) in [5, 5.41) is -0.781. The fourth-order valence-electron chi connectivity index (χ4n) is 8.74. The minimum Gasteiger partial charge on any atom is -0.458 e. The molecule has 61 heavy (non-hydrogen) atoms. The maximum atomic E-state index is 10.1. The van der Waals surface area contributed by atoms with Gasteiger partial charge in [-0.15, -0.1) is 0 Å². The summed E-state index contributed by atoms with van der Waals surface area (Å²) in [6, 6.07) is -6.16. The summed E-state index contributed by atoms with van der Waals surface area (Å²) in [6.07, 6.45) is 0. The van der Waals surface area contributed by atoms with Gasteiger partial charge in [-0.2, -0.15) is 0 Å². The van der Waals surface area contributed by atoms with E-state index < -0.39 is 162 Å². The lowest BCUT2D eigenvalue weighted by molar-refractivity contribution is 0.464. The first kappa shape index (κ1) is 17.7. The van der Waals surface area contributed by atoms with Gasteiger partial charge in [-0.3, -0.25) is 0 Å². The number of rotatable bonds is 3. The Bertz CT molecular complexity index is 5110. The van der Waals surface area contributed by atoms with E-state index in [9.17, 15) is 9.60 Å². The zero-order valence-corrected chi connectivity index (χ0v) is 31.2. The molecule has 5 nitrogen and oxygen atoms in total. The first-order valence-corrected chi connectivity index (χ1v) is 18.9. The first-order chi connectivity index (χ1) is 40.2. The van der Waals surface area contributed by atoms with Gasteiger partial charge in [-0.25, -0.2) is 0 Å². The second kappa shape index (κ2) is 12.1. The van der Waals surface area contributed by atoms with Gasteiger partial charge in [0.25, 0.3) is 6.71 Å². The van der Waals surface area contributed by atoms with Gasteiger partial charge >= 0.3 is 0 Å². The fraction of sp³-hybridized carbons (Fsp3) is 0.0182. The number of hydrogen-bond donors (Lipinski definition) is 0. The van der Waals surface area contributed by atoms with Crippen LogP contribution in [0, 0.1) is 6.92 Å². The van der Waals surface area contributed by atoms with Crippen LogP contribution >= 0.6 is 0 Å². The molecular formula is C55H33BN2O3. The van der Waals surface area contributed by atoms with Gasteiger partial charge in [-0.1, -0.05) is 115 Å². The highest BCUT2D eigenvalue weighted by Gasteiger charge is 2.40. The van der Waals surface area contributed by atoms with Crippen LogP contribution in [-0.4, -0.2) is 15.8 Å². The molecule has 0 aliphatic carbocycles. The minimum absolute atomic E-state index is 0.00760. The lowest BCUT2D eigenvalue weighted by Crippen LogP contribution is -2.57. The Balaban J connectivity index is 1.07. The molecule has 5 heterocycles. The topological polar surface area (TPSA) is 41.5 Å². The number of fused-ring (bicyclic) bond motifs is 13. The Morgan fingerprint density at radius 1 is 0.475 bits per heavy atom. The van der Waals surface area contributed by atoms with E-state index in [2.05, 4.69) is 0 Å². The van der Waals surface area contributed by atoms with Gasteiger partial charge in [0.15, 0.2) is 5.58 Å². The normalized spacial score (nSPS) is 18.4. The molecule has 0 atom stereocenters. The molecule has 0 radical (unpaired) electrons. The van der Waals surface area contributed by atoms with Crippen molar-refractivity contribution in [3.63, 3.8) is 0 Å². The summed E-state index contributed by atoms with van der Waals surface area (Å²) >= 11 is 0.